The van der Waals surface area contributed by atoms with Crippen LogP contribution < -0.4 is 5.32 Å². The summed E-state index contributed by atoms with van der Waals surface area (Å²) in [5.41, 5.74) is 2.37. The molecule has 0 saturated heterocycles. The molecule has 0 saturated carbocycles. The van der Waals surface area contributed by atoms with E-state index in [0.717, 1.165) is 18.4 Å². The van der Waals surface area contributed by atoms with Gasteiger partial charge in [-0.3, -0.25) is 4.98 Å². The van der Waals surface area contributed by atoms with Gasteiger partial charge in [-0.2, -0.15) is 0 Å². The van der Waals surface area contributed by atoms with Crippen LogP contribution in [0.15, 0.2) is 48.8 Å². The van der Waals surface area contributed by atoms with Gasteiger partial charge < -0.3 is 5.32 Å². The Morgan fingerprint density at radius 3 is 1.90 bits per heavy atom. The van der Waals surface area contributed by atoms with Crippen molar-refractivity contribution in [1.82, 2.24) is 10.3 Å². The Hall–Kier alpha value is -1.74. The van der Waals surface area contributed by atoms with Gasteiger partial charge in [0.1, 0.15) is 5.82 Å². The molecule has 2 rings (SSSR count). The third kappa shape index (κ3) is 3.64. The summed E-state index contributed by atoms with van der Waals surface area (Å²) < 4.78 is 13.0. The molecule has 0 fully saturated rings. The number of benzene rings is 1. The smallest absolute Gasteiger partial charge is 0.123 e. The Balaban J connectivity index is 2.14. The standard InChI is InChI=1S/C17H21FN2/c1-3-16(13-5-7-15(18)8-6-13)20-17(4-2)14-9-11-19-12-10-14/h5-12,16-17,20H,3-4H2,1-2H3. The first-order valence-corrected chi connectivity index (χ1v) is 7.16. The quantitative estimate of drug-likeness (QED) is 0.842. The van der Waals surface area contributed by atoms with E-state index in [1.54, 1.807) is 0 Å². The largest absolute Gasteiger partial charge is 0.303 e. The Morgan fingerprint density at radius 2 is 1.40 bits per heavy atom. The first-order valence-electron chi connectivity index (χ1n) is 7.16. The fraction of sp³-hybridized carbons (Fsp3) is 0.353. The third-order valence-electron chi connectivity index (χ3n) is 3.60. The van der Waals surface area contributed by atoms with E-state index in [4.69, 9.17) is 0 Å². The summed E-state index contributed by atoms with van der Waals surface area (Å²) in [5, 5.41) is 3.66. The summed E-state index contributed by atoms with van der Waals surface area (Å²) in [4.78, 5) is 4.06. The van der Waals surface area contributed by atoms with Gasteiger partial charge in [0.05, 0.1) is 0 Å². The highest BCUT2D eigenvalue weighted by Gasteiger charge is 2.15. The van der Waals surface area contributed by atoms with Crippen molar-refractivity contribution >= 4 is 0 Å². The fourth-order valence-corrected chi connectivity index (χ4v) is 2.43. The van der Waals surface area contributed by atoms with Crippen molar-refractivity contribution in [2.24, 2.45) is 0 Å². The first-order chi connectivity index (χ1) is 9.74. The zero-order valence-corrected chi connectivity index (χ0v) is 12.0. The van der Waals surface area contributed by atoms with Crippen molar-refractivity contribution < 1.29 is 4.39 Å². The molecule has 3 heteroatoms. The van der Waals surface area contributed by atoms with Crippen LogP contribution in [0.2, 0.25) is 0 Å². The van der Waals surface area contributed by atoms with Crippen LogP contribution in [0.3, 0.4) is 0 Å². The normalized spacial score (nSPS) is 13.9. The maximum Gasteiger partial charge on any atom is 0.123 e. The van der Waals surface area contributed by atoms with E-state index in [1.165, 1.54) is 17.7 Å². The zero-order chi connectivity index (χ0) is 14.4. The molecule has 1 aromatic heterocycles. The first kappa shape index (κ1) is 14.7. The van der Waals surface area contributed by atoms with Crippen LogP contribution >= 0.6 is 0 Å². The predicted molar refractivity (Wildman–Crippen MR) is 79.8 cm³/mol. The molecular formula is C17H21FN2. The lowest BCUT2D eigenvalue weighted by molar-refractivity contribution is 0.425. The van der Waals surface area contributed by atoms with Gasteiger partial charge in [-0.15, -0.1) is 0 Å². The van der Waals surface area contributed by atoms with E-state index in [0.29, 0.717) is 0 Å². The third-order valence-corrected chi connectivity index (χ3v) is 3.60. The molecule has 0 aliphatic rings. The van der Waals surface area contributed by atoms with Gasteiger partial charge in [0.2, 0.25) is 0 Å². The van der Waals surface area contributed by atoms with E-state index in [-0.39, 0.29) is 17.9 Å². The molecule has 1 heterocycles. The second-order valence-corrected chi connectivity index (χ2v) is 4.92. The van der Waals surface area contributed by atoms with E-state index in [9.17, 15) is 4.39 Å². The van der Waals surface area contributed by atoms with Crippen molar-refractivity contribution in [3.63, 3.8) is 0 Å². The molecular weight excluding hydrogens is 251 g/mol. The van der Waals surface area contributed by atoms with Crippen molar-refractivity contribution in [2.45, 2.75) is 38.8 Å². The van der Waals surface area contributed by atoms with Crippen LogP contribution in [0.5, 0.6) is 0 Å². The van der Waals surface area contributed by atoms with Crippen LogP contribution in [0, 0.1) is 5.82 Å². The molecule has 0 spiro atoms. The molecule has 0 aliphatic carbocycles. The lowest BCUT2D eigenvalue weighted by Gasteiger charge is -2.25. The molecule has 0 radical (unpaired) electrons. The fourth-order valence-electron chi connectivity index (χ4n) is 2.43. The van der Waals surface area contributed by atoms with Crippen molar-refractivity contribution in [2.75, 3.05) is 0 Å². The van der Waals surface area contributed by atoms with Crippen LogP contribution in [0.4, 0.5) is 4.39 Å². The Labute approximate surface area is 120 Å². The Morgan fingerprint density at radius 1 is 0.900 bits per heavy atom. The van der Waals surface area contributed by atoms with Gasteiger partial charge in [-0.1, -0.05) is 26.0 Å². The number of aromatic nitrogens is 1. The minimum atomic E-state index is -0.190. The van der Waals surface area contributed by atoms with Gasteiger partial charge in [0, 0.05) is 24.5 Å². The summed E-state index contributed by atoms with van der Waals surface area (Å²) >= 11 is 0. The summed E-state index contributed by atoms with van der Waals surface area (Å²) in [6.07, 6.45) is 5.60. The second-order valence-electron chi connectivity index (χ2n) is 4.92. The summed E-state index contributed by atoms with van der Waals surface area (Å²) in [6.45, 7) is 4.30. The topological polar surface area (TPSA) is 24.9 Å². The van der Waals surface area contributed by atoms with E-state index < -0.39 is 0 Å². The molecule has 20 heavy (non-hydrogen) atoms. The molecule has 2 atom stereocenters. The molecule has 2 nitrogen and oxygen atoms in total. The number of pyridine rings is 1. The highest BCUT2D eigenvalue weighted by Crippen LogP contribution is 2.24. The zero-order valence-electron chi connectivity index (χ0n) is 12.0. The maximum absolute atomic E-state index is 13.0. The minimum absolute atomic E-state index is 0.190. The van der Waals surface area contributed by atoms with Gasteiger partial charge >= 0.3 is 0 Å². The summed E-state index contributed by atoms with van der Waals surface area (Å²) in [6, 6.07) is 11.4. The maximum atomic E-state index is 13.0. The number of hydrogen-bond donors (Lipinski definition) is 1. The minimum Gasteiger partial charge on any atom is -0.303 e. The number of nitrogens with zero attached hydrogens (tertiary/aromatic N) is 1. The summed E-state index contributed by atoms with van der Waals surface area (Å²) in [7, 11) is 0. The van der Waals surface area contributed by atoms with E-state index >= 15 is 0 Å². The molecule has 0 bridgehead atoms. The van der Waals surface area contributed by atoms with Crippen LogP contribution in [-0.2, 0) is 0 Å². The number of nitrogens with one attached hydrogen (secondary N) is 1. The Bertz CT molecular complexity index is 510. The second kappa shape index (κ2) is 7.15. The van der Waals surface area contributed by atoms with Crippen LogP contribution in [0.25, 0.3) is 0 Å². The number of halogens is 1. The van der Waals surface area contributed by atoms with E-state index in [2.05, 4.69) is 24.1 Å². The van der Waals surface area contributed by atoms with Gasteiger partial charge in [0.15, 0.2) is 0 Å². The van der Waals surface area contributed by atoms with Crippen molar-refractivity contribution in [3.05, 3.63) is 65.7 Å². The lowest BCUT2D eigenvalue weighted by Crippen LogP contribution is -2.25. The van der Waals surface area contributed by atoms with E-state index in [1.807, 2.05) is 36.7 Å². The number of rotatable bonds is 6. The molecule has 0 amide bonds. The van der Waals surface area contributed by atoms with Crippen LogP contribution in [-0.4, -0.2) is 4.98 Å². The molecule has 1 aromatic carbocycles. The highest BCUT2D eigenvalue weighted by atomic mass is 19.1. The van der Waals surface area contributed by atoms with Gasteiger partial charge in [0.25, 0.3) is 0 Å². The Kier molecular flexibility index (Phi) is 5.24. The van der Waals surface area contributed by atoms with Crippen molar-refractivity contribution in [1.29, 1.82) is 0 Å². The molecule has 106 valence electrons. The molecule has 2 aromatic rings. The average Bonchev–Trinajstić information content (AvgIpc) is 2.51. The highest BCUT2D eigenvalue weighted by molar-refractivity contribution is 5.21. The number of hydrogen-bond acceptors (Lipinski definition) is 2. The SMILES string of the molecule is CCC(NC(CC)c1ccc(F)cc1)c1ccncc1. The summed E-state index contributed by atoms with van der Waals surface area (Å²) in [5.74, 6) is -0.190. The molecule has 2 unspecified atom stereocenters. The van der Waals surface area contributed by atoms with Gasteiger partial charge in [-0.05, 0) is 48.2 Å². The van der Waals surface area contributed by atoms with Crippen LogP contribution in [0.1, 0.15) is 49.9 Å². The lowest BCUT2D eigenvalue weighted by atomic mass is 10.00. The molecule has 1 N–H and O–H groups in total. The van der Waals surface area contributed by atoms with Crippen molar-refractivity contribution in [3.8, 4) is 0 Å². The monoisotopic (exact) mass is 272 g/mol. The predicted octanol–water partition coefficient (Wildman–Crippen LogP) is 4.41. The van der Waals surface area contributed by atoms with Gasteiger partial charge in [-0.25, -0.2) is 4.39 Å². The molecule has 0 aliphatic heterocycles. The average molecular weight is 272 g/mol.